The van der Waals surface area contributed by atoms with Crippen molar-refractivity contribution >= 4 is 11.8 Å². The second-order valence-corrected chi connectivity index (χ2v) is 3.43. The Morgan fingerprint density at radius 1 is 1.38 bits per heavy atom. The van der Waals surface area contributed by atoms with Crippen molar-refractivity contribution in [2.45, 2.75) is 20.3 Å². The summed E-state index contributed by atoms with van der Waals surface area (Å²) in [5.41, 5.74) is 2.03. The lowest BCUT2D eigenvalue weighted by Gasteiger charge is -2.12. The van der Waals surface area contributed by atoms with E-state index in [4.69, 9.17) is 4.74 Å². The molecule has 16 heavy (non-hydrogen) atoms. The van der Waals surface area contributed by atoms with Gasteiger partial charge in [0.2, 0.25) is 0 Å². The van der Waals surface area contributed by atoms with Crippen LogP contribution in [-0.4, -0.2) is 0 Å². The van der Waals surface area contributed by atoms with Gasteiger partial charge in [-0.15, -0.1) is 0 Å². The zero-order valence-electron chi connectivity index (χ0n) is 9.99. The molecule has 1 aromatic rings. The molecule has 0 unspecified atom stereocenters. The summed E-state index contributed by atoms with van der Waals surface area (Å²) in [5, 5.41) is 0. The van der Waals surface area contributed by atoms with Gasteiger partial charge in [0.25, 0.3) is 0 Å². The van der Waals surface area contributed by atoms with Crippen LogP contribution in [0, 0.1) is 0 Å². The molecule has 0 amide bonds. The Bertz CT molecular complexity index is 413. The van der Waals surface area contributed by atoms with Gasteiger partial charge >= 0.3 is 0 Å². The van der Waals surface area contributed by atoms with E-state index in [0.717, 1.165) is 23.3 Å². The molecule has 0 atom stereocenters. The van der Waals surface area contributed by atoms with Gasteiger partial charge < -0.3 is 4.74 Å². The van der Waals surface area contributed by atoms with Crippen LogP contribution < -0.4 is 0 Å². The molecule has 1 rings (SSSR count). The highest BCUT2D eigenvalue weighted by Gasteiger charge is 2.05. The van der Waals surface area contributed by atoms with Gasteiger partial charge in [-0.1, -0.05) is 50.4 Å². The van der Waals surface area contributed by atoms with Crippen LogP contribution >= 0.6 is 0 Å². The maximum Gasteiger partial charge on any atom is 0.127 e. The van der Waals surface area contributed by atoms with E-state index in [9.17, 15) is 0 Å². The van der Waals surface area contributed by atoms with Crippen LogP contribution in [0.25, 0.3) is 11.8 Å². The molecule has 0 bridgehead atoms. The summed E-state index contributed by atoms with van der Waals surface area (Å²) in [7, 11) is 0. The van der Waals surface area contributed by atoms with Crippen molar-refractivity contribution in [3.8, 4) is 0 Å². The summed E-state index contributed by atoms with van der Waals surface area (Å²) in [6.45, 7) is 11.8. The number of benzene rings is 1. The normalized spacial score (nSPS) is 11.0. The Kier molecular flexibility index (Phi) is 4.59. The zero-order chi connectivity index (χ0) is 12.0. The first-order chi connectivity index (χ1) is 7.72. The molecular formula is C15H18O. The maximum absolute atomic E-state index is 5.70. The summed E-state index contributed by atoms with van der Waals surface area (Å²) < 4.78 is 5.70. The molecular weight excluding hydrogens is 196 g/mol. The number of hydrogen-bond acceptors (Lipinski definition) is 1. The standard InChI is InChI=1S/C15H18O/c1-5-13-10-8-9-11-15(13)12(4)16-14(6-2)7-3/h5-6,8-11H,1,4,7H2,2-3H3/b14-6+. The number of allylic oxidation sites excluding steroid dienone is 2. The Morgan fingerprint density at radius 3 is 2.62 bits per heavy atom. The second-order valence-electron chi connectivity index (χ2n) is 3.43. The third-order valence-corrected chi connectivity index (χ3v) is 2.41. The van der Waals surface area contributed by atoms with E-state index in [1.54, 1.807) is 0 Å². The summed E-state index contributed by atoms with van der Waals surface area (Å²) in [6, 6.07) is 7.93. The van der Waals surface area contributed by atoms with Gasteiger partial charge in [-0.05, 0) is 18.6 Å². The molecule has 84 valence electrons. The first-order valence-corrected chi connectivity index (χ1v) is 5.46. The van der Waals surface area contributed by atoms with Gasteiger partial charge in [-0.2, -0.15) is 0 Å². The fourth-order valence-electron chi connectivity index (χ4n) is 1.48. The topological polar surface area (TPSA) is 9.23 Å². The summed E-state index contributed by atoms with van der Waals surface area (Å²) in [4.78, 5) is 0. The van der Waals surface area contributed by atoms with Crippen molar-refractivity contribution in [3.63, 3.8) is 0 Å². The van der Waals surface area contributed by atoms with Gasteiger partial charge in [0.05, 0.1) is 5.76 Å². The van der Waals surface area contributed by atoms with Gasteiger partial charge in [-0.3, -0.25) is 0 Å². The molecule has 1 heteroatoms. The minimum Gasteiger partial charge on any atom is -0.462 e. The van der Waals surface area contributed by atoms with E-state index >= 15 is 0 Å². The quantitative estimate of drug-likeness (QED) is 0.649. The Labute approximate surface area is 97.8 Å². The van der Waals surface area contributed by atoms with Crippen LogP contribution in [0.2, 0.25) is 0 Å². The molecule has 0 saturated heterocycles. The van der Waals surface area contributed by atoms with Gasteiger partial charge in [0, 0.05) is 12.0 Å². The average Bonchev–Trinajstić information content (AvgIpc) is 2.35. The molecule has 0 spiro atoms. The first-order valence-electron chi connectivity index (χ1n) is 5.46. The van der Waals surface area contributed by atoms with Gasteiger partial charge in [0.15, 0.2) is 0 Å². The molecule has 0 fully saturated rings. The third kappa shape index (κ3) is 2.86. The molecule has 1 nitrogen and oxygen atoms in total. The maximum atomic E-state index is 5.70. The van der Waals surface area contributed by atoms with E-state index in [1.165, 1.54) is 0 Å². The molecule has 0 aliphatic heterocycles. The highest BCUT2D eigenvalue weighted by atomic mass is 16.5. The third-order valence-electron chi connectivity index (χ3n) is 2.41. The molecule has 0 saturated carbocycles. The number of hydrogen-bond donors (Lipinski definition) is 0. The first kappa shape index (κ1) is 12.3. The van der Waals surface area contributed by atoms with E-state index in [-0.39, 0.29) is 0 Å². The molecule has 0 heterocycles. The van der Waals surface area contributed by atoms with Crippen molar-refractivity contribution in [1.29, 1.82) is 0 Å². The lowest BCUT2D eigenvalue weighted by atomic mass is 10.1. The van der Waals surface area contributed by atoms with Crippen molar-refractivity contribution < 1.29 is 4.74 Å². The lowest BCUT2D eigenvalue weighted by molar-refractivity contribution is 0.368. The van der Waals surface area contributed by atoms with Crippen molar-refractivity contribution in [3.05, 3.63) is 60.4 Å². The van der Waals surface area contributed by atoms with Crippen molar-refractivity contribution in [1.82, 2.24) is 0 Å². The minimum absolute atomic E-state index is 0.672. The average molecular weight is 214 g/mol. The monoisotopic (exact) mass is 214 g/mol. The van der Waals surface area contributed by atoms with Crippen molar-refractivity contribution in [2.24, 2.45) is 0 Å². The van der Waals surface area contributed by atoms with Crippen molar-refractivity contribution in [2.75, 3.05) is 0 Å². The SMILES string of the molecule is C=Cc1ccccc1C(=C)O/C(=C/C)CC. The Balaban J connectivity index is 2.92. The van der Waals surface area contributed by atoms with Crippen LogP contribution in [0.4, 0.5) is 0 Å². The lowest BCUT2D eigenvalue weighted by Crippen LogP contribution is -1.93. The highest BCUT2D eigenvalue weighted by molar-refractivity contribution is 5.69. The van der Waals surface area contributed by atoms with Crippen LogP contribution in [0.5, 0.6) is 0 Å². The fourth-order valence-corrected chi connectivity index (χ4v) is 1.48. The molecule has 0 N–H and O–H groups in total. The molecule has 0 aromatic heterocycles. The molecule has 0 radical (unpaired) electrons. The van der Waals surface area contributed by atoms with Gasteiger partial charge in [0.1, 0.15) is 5.76 Å². The summed E-state index contributed by atoms with van der Waals surface area (Å²) >= 11 is 0. The number of rotatable bonds is 5. The molecule has 0 aliphatic carbocycles. The second kappa shape index (κ2) is 5.96. The fraction of sp³-hybridized carbons (Fsp3) is 0.200. The summed E-state index contributed by atoms with van der Waals surface area (Å²) in [5.74, 6) is 1.61. The van der Waals surface area contributed by atoms with Crippen LogP contribution in [0.15, 0.2) is 49.3 Å². The van der Waals surface area contributed by atoms with E-state index in [2.05, 4.69) is 20.1 Å². The van der Waals surface area contributed by atoms with E-state index in [0.29, 0.717) is 5.76 Å². The minimum atomic E-state index is 0.672. The predicted octanol–water partition coefficient (Wildman–Crippen LogP) is 4.63. The Morgan fingerprint density at radius 2 is 2.06 bits per heavy atom. The smallest absolute Gasteiger partial charge is 0.127 e. The van der Waals surface area contributed by atoms with Crippen LogP contribution in [0.1, 0.15) is 31.4 Å². The number of ether oxygens (including phenoxy) is 1. The van der Waals surface area contributed by atoms with Crippen LogP contribution in [0.3, 0.4) is 0 Å². The Hall–Kier alpha value is -1.76. The molecule has 1 aromatic carbocycles. The van der Waals surface area contributed by atoms with E-state index < -0.39 is 0 Å². The molecule has 0 aliphatic rings. The van der Waals surface area contributed by atoms with E-state index in [1.807, 2.05) is 43.3 Å². The van der Waals surface area contributed by atoms with Gasteiger partial charge in [-0.25, -0.2) is 0 Å². The zero-order valence-corrected chi connectivity index (χ0v) is 9.99. The predicted molar refractivity (Wildman–Crippen MR) is 70.7 cm³/mol. The summed E-state index contributed by atoms with van der Waals surface area (Å²) in [6.07, 6.45) is 4.64. The van der Waals surface area contributed by atoms with Crippen LogP contribution in [-0.2, 0) is 4.74 Å². The highest BCUT2D eigenvalue weighted by Crippen LogP contribution is 2.22. The largest absolute Gasteiger partial charge is 0.462 e.